The second-order valence-electron chi connectivity index (χ2n) is 4.70. The summed E-state index contributed by atoms with van der Waals surface area (Å²) in [6.45, 7) is 2.41. The third-order valence-corrected chi connectivity index (χ3v) is 3.77. The highest BCUT2D eigenvalue weighted by molar-refractivity contribution is 4.87. The summed E-state index contributed by atoms with van der Waals surface area (Å²) in [5.74, 6) is 0. The van der Waals surface area contributed by atoms with E-state index in [1.54, 1.807) is 0 Å². The van der Waals surface area contributed by atoms with Crippen LogP contribution in [0.3, 0.4) is 0 Å². The maximum atomic E-state index is 5.93. The van der Waals surface area contributed by atoms with Crippen molar-refractivity contribution in [1.29, 1.82) is 0 Å². The Hall–Kier alpha value is -0.120. The van der Waals surface area contributed by atoms with E-state index in [-0.39, 0.29) is 0 Å². The summed E-state index contributed by atoms with van der Waals surface area (Å²) < 4.78 is 5.37. The van der Waals surface area contributed by atoms with Crippen molar-refractivity contribution in [1.82, 2.24) is 4.90 Å². The molecule has 1 saturated carbocycles. The zero-order chi connectivity index (χ0) is 9.97. The summed E-state index contributed by atoms with van der Waals surface area (Å²) >= 11 is 0. The van der Waals surface area contributed by atoms with Crippen LogP contribution in [0.1, 0.15) is 32.1 Å². The van der Waals surface area contributed by atoms with Gasteiger partial charge in [-0.05, 0) is 32.1 Å². The molecule has 2 N–H and O–H groups in total. The van der Waals surface area contributed by atoms with E-state index in [0.29, 0.717) is 12.1 Å². The van der Waals surface area contributed by atoms with Crippen molar-refractivity contribution in [2.75, 3.05) is 20.2 Å². The normalized spacial score (nSPS) is 36.4. The van der Waals surface area contributed by atoms with Crippen molar-refractivity contribution in [2.45, 2.75) is 50.3 Å². The maximum absolute atomic E-state index is 5.93. The van der Waals surface area contributed by atoms with Gasteiger partial charge < -0.3 is 15.4 Å². The molecule has 2 aliphatic rings. The van der Waals surface area contributed by atoms with Crippen molar-refractivity contribution in [2.24, 2.45) is 5.73 Å². The molecule has 1 aliphatic heterocycles. The highest BCUT2D eigenvalue weighted by Gasteiger charge is 2.29. The Morgan fingerprint density at radius 1 is 1.14 bits per heavy atom. The van der Waals surface area contributed by atoms with Crippen molar-refractivity contribution in [3.8, 4) is 0 Å². The number of piperidine rings is 1. The molecule has 14 heavy (non-hydrogen) atoms. The van der Waals surface area contributed by atoms with E-state index in [4.69, 9.17) is 10.5 Å². The third-order valence-electron chi connectivity index (χ3n) is 3.77. The summed E-state index contributed by atoms with van der Waals surface area (Å²) in [5.41, 5.74) is 5.93. The average molecular weight is 198 g/mol. The van der Waals surface area contributed by atoms with E-state index < -0.39 is 0 Å². The van der Waals surface area contributed by atoms with Gasteiger partial charge in [0, 0.05) is 32.3 Å². The lowest BCUT2D eigenvalue weighted by atomic mass is 10.0. The predicted octanol–water partition coefficient (Wildman–Crippen LogP) is 0.977. The minimum Gasteiger partial charge on any atom is -0.381 e. The molecule has 0 bridgehead atoms. The lowest BCUT2D eigenvalue weighted by Gasteiger charge is -2.35. The second kappa shape index (κ2) is 4.60. The first-order valence-electron chi connectivity index (χ1n) is 5.82. The topological polar surface area (TPSA) is 38.5 Å². The lowest BCUT2D eigenvalue weighted by molar-refractivity contribution is 0.0280. The lowest BCUT2D eigenvalue weighted by Crippen LogP contribution is -2.42. The molecule has 0 spiro atoms. The quantitative estimate of drug-likeness (QED) is 0.719. The number of ether oxygens (including phenoxy) is 1. The van der Waals surface area contributed by atoms with Crippen LogP contribution in [0.15, 0.2) is 0 Å². The zero-order valence-corrected chi connectivity index (χ0v) is 9.11. The van der Waals surface area contributed by atoms with Gasteiger partial charge in [-0.15, -0.1) is 0 Å². The van der Waals surface area contributed by atoms with E-state index in [9.17, 15) is 0 Å². The Labute approximate surface area is 86.6 Å². The standard InChI is InChI=1S/C11H22N2O/c1-14-11-4-6-13(7-5-11)10-3-2-9(12)8-10/h9-11H,2-8,12H2,1H3. The molecule has 1 aliphatic carbocycles. The van der Waals surface area contributed by atoms with Gasteiger partial charge >= 0.3 is 0 Å². The maximum Gasteiger partial charge on any atom is 0.0595 e. The molecule has 82 valence electrons. The Morgan fingerprint density at radius 3 is 2.36 bits per heavy atom. The van der Waals surface area contributed by atoms with E-state index in [1.807, 2.05) is 7.11 Å². The minimum atomic E-state index is 0.458. The van der Waals surface area contributed by atoms with Crippen molar-refractivity contribution in [3.05, 3.63) is 0 Å². The fourth-order valence-corrected chi connectivity index (χ4v) is 2.80. The number of likely N-dealkylation sites (tertiary alicyclic amines) is 1. The predicted molar refractivity (Wildman–Crippen MR) is 57.2 cm³/mol. The number of hydrogen-bond acceptors (Lipinski definition) is 3. The van der Waals surface area contributed by atoms with Crippen molar-refractivity contribution in [3.63, 3.8) is 0 Å². The molecular formula is C11H22N2O. The molecule has 0 aromatic carbocycles. The SMILES string of the molecule is COC1CCN(C2CCC(N)C2)CC1. The first-order valence-corrected chi connectivity index (χ1v) is 5.82. The minimum absolute atomic E-state index is 0.458. The molecule has 2 atom stereocenters. The van der Waals surface area contributed by atoms with Gasteiger partial charge in [-0.3, -0.25) is 0 Å². The van der Waals surface area contributed by atoms with Crippen LogP contribution in [0, 0.1) is 0 Å². The summed E-state index contributed by atoms with van der Waals surface area (Å²) in [6, 6.07) is 1.22. The molecule has 0 radical (unpaired) electrons. The van der Waals surface area contributed by atoms with Crippen molar-refractivity contribution >= 4 is 0 Å². The van der Waals surface area contributed by atoms with E-state index >= 15 is 0 Å². The van der Waals surface area contributed by atoms with Gasteiger partial charge in [-0.25, -0.2) is 0 Å². The zero-order valence-electron chi connectivity index (χ0n) is 9.11. The Kier molecular flexibility index (Phi) is 3.42. The number of rotatable bonds is 2. The van der Waals surface area contributed by atoms with Gasteiger partial charge in [0.05, 0.1) is 6.10 Å². The van der Waals surface area contributed by atoms with Gasteiger partial charge in [0.25, 0.3) is 0 Å². The molecule has 0 amide bonds. The molecular weight excluding hydrogens is 176 g/mol. The molecule has 0 aromatic rings. The van der Waals surface area contributed by atoms with Crippen LogP contribution < -0.4 is 5.73 Å². The smallest absolute Gasteiger partial charge is 0.0595 e. The average Bonchev–Trinajstić information content (AvgIpc) is 2.65. The molecule has 2 rings (SSSR count). The third kappa shape index (κ3) is 2.27. The number of nitrogens with two attached hydrogens (primary N) is 1. The highest BCUT2D eigenvalue weighted by atomic mass is 16.5. The molecule has 1 heterocycles. The van der Waals surface area contributed by atoms with E-state index in [2.05, 4.69) is 4.90 Å². The molecule has 1 saturated heterocycles. The second-order valence-corrected chi connectivity index (χ2v) is 4.70. The van der Waals surface area contributed by atoms with E-state index in [0.717, 1.165) is 6.04 Å². The Balaban J connectivity index is 1.78. The first kappa shape index (κ1) is 10.4. The largest absolute Gasteiger partial charge is 0.381 e. The molecule has 2 unspecified atom stereocenters. The fraction of sp³-hybridized carbons (Fsp3) is 1.00. The van der Waals surface area contributed by atoms with Crippen LogP contribution in [0.2, 0.25) is 0 Å². The van der Waals surface area contributed by atoms with Gasteiger partial charge in [-0.2, -0.15) is 0 Å². The van der Waals surface area contributed by atoms with Gasteiger partial charge in [0.15, 0.2) is 0 Å². The first-order chi connectivity index (χ1) is 6.79. The van der Waals surface area contributed by atoms with Gasteiger partial charge in [0.1, 0.15) is 0 Å². The van der Waals surface area contributed by atoms with Crippen LogP contribution in [-0.2, 0) is 4.74 Å². The Morgan fingerprint density at radius 2 is 1.86 bits per heavy atom. The summed E-state index contributed by atoms with van der Waals surface area (Å²) in [4.78, 5) is 2.61. The van der Waals surface area contributed by atoms with Gasteiger partial charge in [0.2, 0.25) is 0 Å². The van der Waals surface area contributed by atoms with E-state index in [1.165, 1.54) is 45.2 Å². The van der Waals surface area contributed by atoms with Crippen LogP contribution in [0.5, 0.6) is 0 Å². The molecule has 3 nitrogen and oxygen atoms in total. The number of nitrogens with zero attached hydrogens (tertiary/aromatic N) is 1. The van der Waals surface area contributed by atoms with Crippen LogP contribution >= 0.6 is 0 Å². The van der Waals surface area contributed by atoms with Crippen molar-refractivity contribution < 1.29 is 4.74 Å². The summed E-state index contributed by atoms with van der Waals surface area (Å²) in [5, 5.41) is 0. The summed E-state index contributed by atoms with van der Waals surface area (Å²) in [7, 11) is 1.83. The van der Waals surface area contributed by atoms with Crippen LogP contribution in [0.25, 0.3) is 0 Å². The van der Waals surface area contributed by atoms with Crippen LogP contribution in [-0.4, -0.2) is 43.3 Å². The molecule has 2 fully saturated rings. The Bertz CT molecular complexity index is 178. The fourth-order valence-electron chi connectivity index (χ4n) is 2.80. The summed E-state index contributed by atoms with van der Waals surface area (Å²) in [6.07, 6.45) is 6.62. The van der Waals surface area contributed by atoms with Gasteiger partial charge in [-0.1, -0.05) is 0 Å². The highest BCUT2D eigenvalue weighted by Crippen LogP contribution is 2.26. The monoisotopic (exact) mass is 198 g/mol. The van der Waals surface area contributed by atoms with Crippen LogP contribution in [0.4, 0.5) is 0 Å². The number of methoxy groups -OCH3 is 1. The molecule has 0 aromatic heterocycles. The molecule has 3 heteroatoms. The number of hydrogen-bond donors (Lipinski definition) is 1.